The van der Waals surface area contributed by atoms with Crippen molar-refractivity contribution in [3.63, 3.8) is 0 Å². The van der Waals surface area contributed by atoms with Gasteiger partial charge in [0.15, 0.2) is 0 Å². The summed E-state index contributed by atoms with van der Waals surface area (Å²) in [6, 6.07) is 0.600. The molecular weight excluding hydrogens is 178 g/mol. The molecule has 1 unspecified atom stereocenters. The number of carbonyl (C=O) groups excluding carboxylic acids is 1. The van der Waals surface area contributed by atoms with Crippen molar-refractivity contribution in [3.05, 3.63) is 0 Å². The van der Waals surface area contributed by atoms with Gasteiger partial charge in [-0.05, 0) is 33.2 Å². The molecule has 1 saturated heterocycles. The number of piperidine rings is 1. The fraction of sp³-hybridized carbons (Fsp3) is 0.900. The van der Waals surface area contributed by atoms with Gasteiger partial charge in [0, 0.05) is 18.6 Å². The van der Waals surface area contributed by atoms with E-state index < -0.39 is 0 Å². The molecule has 1 heterocycles. The molecule has 3 N–H and O–H groups in total. The zero-order valence-electron chi connectivity index (χ0n) is 9.10. The molecule has 0 spiro atoms. The van der Waals surface area contributed by atoms with Gasteiger partial charge < -0.3 is 16.0 Å². The molecule has 14 heavy (non-hydrogen) atoms. The molecule has 0 bridgehead atoms. The van der Waals surface area contributed by atoms with E-state index in [0.717, 1.165) is 13.1 Å². The molecule has 0 aromatic rings. The minimum atomic E-state index is -0.0626. The van der Waals surface area contributed by atoms with Gasteiger partial charge in [0.1, 0.15) is 0 Å². The predicted octanol–water partition coefficient (Wildman–Crippen LogP) is 0.836. The van der Waals surface area contributed by atoms with Gasteiger partial charge in [0.25, 0.3) is 0 Å². The van der Waals surface area contributed by atoms with Gasteiger partial charge in [-0.15, -0.1) is 0 Å². The highest BCUT2D eigenvalue weighted by Crippen LogP contribution is 2.05. The van der Waals surface area contributed by atoms with E-state index in [1.165, 1.54) is 19.3 Å². The average molecular weight is 199 g/mol. The molecule has 1 aliphatic heterocycles. The molecular formula is C10H21N3O. The smallest absolute Gasteiger partial charge is 0.315 e. The number of hydrogen-bond acceptors (Lipinski definition) is 2. The highest BCUT2D eigenvalue weighted by Gasteiger charge is 2.13. The Kier molecular flexibility index (Phi) is 4.73. The summed E-state index contributed by atoms with van der Waals surface area (Å²) in [6.45, 7) is 5.73. The Labute approximate surface area is 85.8 Å². The number of rotatable bonds is 3. The third-order valence-corrected chi connectivity index (χ3v) is 2.34. The maximum atomic E-state index is 11.2. The van der Waals surface area contributed by atoms with Crippen LogP contribution in [0.25, 0.3) is 0 Å². The summed E-state index contributed by atoms with van der Waals surface area (Å²) in [6.07, 6.45) is 3.70. The van der Waals surface area contributed by atoms with Crippen LogP contribution in [0.4, 0.5) is 4.79 Å². The van der Waals surface area contributed by atoms with Crippen LogP contribution in [0.1, 0.15) is 33.1 Å². The molecule has 0 radical (unpaired) electrons. The van der Waals surface area contributed by atoms with Gasteiger partial charge in [-0.2, -0.15) is 0 Å². The fourth-order valence-electron chi connectivity index (χ4n) is 1.63. The zero-order valence-corrected chi connectivity index (χ0v) is 9.10. The molecule has 1 fully saturated rings. The molecule has 0 aromatic heterocycles. The van der Waals surface area contributed by atoms with E-state index in [1.807, 2.05) is 13.8 Å². The van der Waals surface area contributed by atoms with Crippen molar-refractivity contribution < 1.29 is 4.79 Å². The van der Waals surface area contributed by atoms with E-state index in [4.69, 9.17) is 0 Å². The highest BCUT2D eigenvalue weighted by atomic mass is 16.2. The topological polar surface area (TPSA) is 53.2 Å². The minimum absolute atomic E-state index is 0.0626. The molecule has 0 aromatic carbocycles. The second-order valence-electron chi connectivity index (χ2n) is 4.16. The van der Waals surface area contributed by atoms with Crippen LogP contribution in [0.3, 0.4) is 0 Å². The lowest BCUT2D eigenvalue weighted by atomic mass is 10.1. The fourth-order valence-corrected chi connectivity index (χ4v) is 1.63. The largest absolute Gasteiger partial charge is 0.337 e. The Balaban J connectivity index is 2.09. The first-order chi connectivity index (χ1) is 6.68. The van der Waals surface area contributed by atoms with E-state index in [1.54, 1.807) is 0 Å². The Bertz CT molecular complexity index is 176. The lowest BCUT2D eigenvalue weighted by Gasteiger charge is -2.23. The van der Waals surface area contributed by atoms with E-state index in [0.29, 0.717) is 6.04 Å². The minimum Gasteiger partial charge on any atom is -0.337 e. The Morgan fingerprint density at radius 3 is 2.86 bits per heavy atom. The molecule has 1 atom stereocenters. The Morgan fingerprint density at radius 2 is 2.29 bits per heavy atom. The first-order valence-corrected chi connectivity index (χ1v) is 5.46. The second kappa shape index (κ2) is 5.86. The van der Waals surface area contributed by atoms with Crippen LogP contribution >= 0.6 is 0 Å². The molecule has 4 nitrogen and oxygen atoms in total. The molecule has 0 saturated carbocycles. The van der Waals surface area contributed by atoms with Gasteiger partial charge in [-0.1, -0.05) is 6.42 Å². The highest BCUT2D eigenvalue weighted by molar-refractivity contribution is 5.74. The van der Waals surface area contributed by atoms with Crippen molar-refractivity contribution in [2.75, 3.05) is 13.1 Å². The summed E-state index contributed by atoms with van der Waals surface area (Å²) < 4.78 is 0. The number of nitrogens with one attached hydrogen (secondary N) is 3. The Hall–Kier alpha value is -0.770. The third-order valence-electron chi connectivity index (χ3n) is 2.34. The van der Waals surface area contributed by atoms with Crippen molar-refractivity contribution in [2.24, 2.45) is 0 Å². The Morgan fingerprint density at radius 1 is 1.50 bits per heavy atom. The lowest BCUT2D eigenvalue weighted by Crippen LogP contribution is -2.47. The number of hydrogen-bond donors (Lipinski definition) is 3. The van der Waals surface area contributed by atoms with Crippen molar-refractivity contribution in [3.8, 4) is 0 Å². The van der Waals surface area contributed by atoms with Crippen LogP contribution in [0.2, 0.25) is 0 Å². The van der Waals surface area contributed by atoms with Crippen LogP contribution in [0.15, 0.2) is 0 Å². The first kappa shape index (κ1) is 11.3. The summed E-state index contributed by atoms with van der Waals surface area (Å²) in [5.74, 6) is 0. The number of amides is 2. The quantitative estimate of drug-likeness (QED) is 0.631. The molecule has 1 aliphatic rings. The van der Waals surface area contributed by atoms with Crippen molar-refractivity contribution in [1.82, 2.24) is 16.0 Å². The van der Waals surface area contributed by atoms with E-state index in [2.05, 4.69) is 16.0 Å². The van der Waals surface area contributed by atoms with Gasteiger partial charge in [0.2, 0.25) is 0 Å². The van der Waals surface area contributed by atoms with Gasteiger partial charge in [-0.25, -0.2) is 4.79 Å². The molecule has 2 amide bonds. The maximum Gasteiger partial charge on any atom is 0.315 e. The second-order valence-corrected chi connectivity index (χ2v) is 4.16. The number of carbonyl (C=O) groups is 1. The SMILES string of the molecule is CC(C)NC(=O)NCC1CCCCN1. The van der Waals surface area contributed by atoms with Crippen LogP contribution < -0.4 is 16.0 Å². The van der Waals surface area contributed by atoms with Crippen LogP contribution in [-0.4, -0.2) is 31.2 Å². The maximum absolute atomic E-state index is 11.2. The van der Waals surface area contributed by atoms with Gasteiger partial charge in [0.05, 0.1) is 0 Å². The van der Waals surface area contributed by atoms with Crippen molar-refractivity contribution in [2.45, 2.75) is 45.2 Å². The van der Waals surface area contributed by atoms with E-state index in [9.17, 15) is 4.79 Å². The molecule has 1 rings (SSSR count). The molecule has 4 heteroatoms. The van der Waals surface area contributed by atoms with E-state index >= 15 is 0 Å². The van der Waals surface area contributed by atoms with Crippen molar-refractivity contribution >= 4 is 6.03 Å². The standard InChI is InChI=1S/C10H21N3O/c1-8(2)13-10(14)12-7-9-5-3-4-6-11-9/h8-9,11H,3-7H2,1-2H3,(H2,12,13,14). The van der Waals surface area contributed by atoms with Gasteiger partial charge in [-0.3, -0.25) is 0 Å². The van der Waals surface area contributed by atoms with Crippen LogP contribution in [0.5, 0.6) is 0 Å². The van der Waals surface area contributed by atoms with Crippen LogP contribution in [0, 0.1) is 0 Å². The van der Waals surface area contributed by atoms with E-state index in [-0.39, 0.29) is 12.1 Å². The zero-order chi connectivity index (χ0) is 10.4. The van der Waals surface area contributed by atoms with Gasteiger partial charge >= 0.3 is 6.03 Å². The summed E-state index contributed by atoms with van der Waals surface area (Å²) in [4.78, 5) is 11.2. The van der Waals surface area contributed by atoms with Crippen molar-refractivity contribution in [1.29, 1.82) is 0 Å². The molecule has 82 valence electrons. The third kappa shape index (κ3) is 4.46. The summed E-state index contributed by atoms with van der Waals surface area (Å²) in [5, 5.41) is 9.06. The monoisotopic (exact) mass is 199 g/mol. The predicted molar refractivity (Wildman–Crippen MR) is 57.3 cm³/mol. The normalized spacial score (nSPS) is 22.1. The molecule has 0 aliphatic carbocycles. The lowest BCUT2D eigenvalue weighted by molar-refractivity contribution is 0.236. The van der Waals surface area contributed by atoms with Crippen LogP contribution in [-0.2, 0) is 0 Å². The first-order valence-electron chi connectivity index (χ1n) is 5.46. The summed E-state index contributed by atoms with van der Waals surface area (Å²) in [7, 11) is 0. The summed E-state index contributed by atoms with van der Waals surface area (Å²) >= 11 is 0. The summed E-state index contributed by atoms with van der Waals surface area (Å²) in [5.41, 5.74) is 0. The average Bonchev–Trinajstić information content (AvgIpc) is 2.15. The number of urea groups is 1.